The number of rotatable bonds is 7. The van der Waals surface area contributed by atoms with Crippen molar-refractivity contribution in [2.24, 2.45) is 7.05 Å². The summed E-state index contributed by atoms with van der Waals surface area (Å²) in [4.78, 5) is 15.1. The van der Waals surface area contributed by atoms with E-state index in [0.29, 0.717) is 13.2 Å². The second-order valence-electron chi connectivity index (χ2n) is 7.25. The Morgan fingerprint density at radius 2 is 2.00 bits per heavy atom. The van der Waals surface area contributed by atoms with Crippen molar-refractivity contribution in [1.29, 1.82) is 0 Å². The molecule has 0 unspecified atom stereocenters. The van der Waals surface area contributed by atoms with Gasteiger partial charge in [0.05, 0.1) is 30.3 Å². The Morgan fingerprint density at radius 3 is 2.69 bits per heavy atom. The maximum absolute atomic E-state index is 12.8. The first kappa shape index (κ1) is 21.1. The van der Waals surface area contributed by atoms with Gasteiger partial charge in [0, 0.05) is 19.3 Å². The monoisotopic (exact) mass is 397 g/mol. The first-order valence-corrected chi connectivity index (χ1v) is 10.2. The van der Waals surface area contributed by atoms with Gasteiger partial charge in [0.15, 0.2) is 0 Å². The lowest BCUT2D eigenvalue weighted by atomic mass is 10.2. The average Bonchev–Trinajstić information content (AvgIpc) is 2.99. The Bertz CT molecular complexity index is 981. The second-order valence-corrected chi connectivity index (χ2v) is 7.25. The molecule has 1 fully saturated rings. The van der Waals surface area contributed by atoms with Crippen LogP contribution in [0, 0.1) is 0 Å². The number of likely N-dealkylation sites (N-methyl/N-ethyl adjacent to an activating group) is 1. The number of fused-ring (bicyclic) bond motifs is 1. The number of hydrogen-bond donors (Lipinski definition) is 0. The van der Waals surface area contributed by atoms with Gasteiger partial charge in [-0.3, -0.25) is 14.0 Å². The zero-order chi connectivity index (χ0) is 20.8. The first-order valence-electron chi connectivity index (χ1n) is 10.2. The van der Waals surface area contributed by atoms with Crippen LogP contribution in [0.1, 0.15) is 20.3 Å². The predicted molar refractivity (Wildman–Crippen MR) is 118 cm³/mol. The van der Waals surface area contributed by atoms with E-state index in [1.165, 1.54) is 0 Å². The van der Waals surface area contributed by atoms with Gasteiger partial charge in [-0.1, -0.05) is 25.1 Å². The summed E-state index contributed by atoms with van der Waals surface area (Å²) in [6.45, 7) is 6.97. The van der Waals surface area contributed by atoms with Crippen molar-refractivity contribution in [1.82, 2.24) is 14.0 Å². The number of nitrogens with zero attached hydrogens (tertiary/aromatic N) is 3. The average molecular weight is 398 g/mol. The summed E-state index contributed by atoms with van der Waals surface area (Å²) in [6.07, 6.45) is 8.75. The number of ether oxygens (including phenoxy) is 2. The van der Waals surface area contributed by atoms with E-state index in [4.69, 9.17) is 9.47 Å². The third-order valence-electron chi connectivity index (χ3n) is 5.30. The summed E-state index contributed by atoms with van der Waals surface area (Å²) in [6, 6.07) is 8.06. The number of aryl methyl sites for hydroxylation is 1. The number of hydrogen-bond acceptors (Lipinski definition) is 4. The molecule has 2 heterocycles. The molecule has 1 aromatic heterocycles. The smallest absolute Gasteiger partial charge is 0.333 e. The molecule has 0 radical (unpaired) electrons. The lowest BCUT2D eigenvalue weighted by Crippen LogP contribution is -2.45. The molecule has 2 aromatic rings. The van der Waals surface area contributed by atoms with E-state index < -0.39 is 0 Å². The topological polar surface area (TPSA) is 48.6 Å². The Balaban J connectivity index is 1.81. The van der Waals surface area contributed by atoms with Crippen LogP contribution in [-0.2, 0) is 16.5 Å². The van der Waals surface area contributed by atoms with E-state index in [9.17, 15) is 4.79 Å². The summed E-state index contributed by atoms with van der Waals surface area (Å²) < 4.78 is 15.1. The highest BCUT2D eigenvalue weighted by molar-refractivity contribution is 5.81. The zero-order valence-electron chi connectivity index (χ0n) is 17.8. The van der Waals surface area contributed by atoms with Crippen LogP contribution >= 0.6 is 0 Å². The van der Waals surface area contributed by atoms with Gasteiger partial charge in [0.2, 0.25) is 0 Å². The molecule has 1 saturated heterocycles. The molecule has 1 aliphatic rings. The van der Waals surface area contributed by atoms with Crippen LogP contribution in [0.5, 0.6) is 0 Å². The number of para-hydroxylation sites is 2. The molecule has 0 N–H and O–H groups in total. The Morgan fingerprint density at radius 1 is 1.24 bits per heavy atom. The van der Waals surface area contributed by atoms with Crippen LogP contribution in [0.15, 0.2) is 59.1 Å². The molecule has 6 heteroatoms. The van der Waals surface area contributed by atoms with Gasteiger partial charge in [-0.25, -0.2) is 4.79 Å². The van der Waals surface area contributed by atoms with Crippen molar-refractivity contribution in [3.8, 4) is 0 Å². The Kier molecular flexibility index (Phi) is 7.12. The summed E-state index contributed by atoms with van der Waals surface area (Å²) >= 11 is 0. The van der Waals surface area contributed by atoms with Gasteiger partial charge in [-0.2, -0.15) is 0 Å². The van der Waals surface area contributed by atoms with Crippen molar-refractivity contribution >= 4 is 16.7 Å². The van der Waals surface area contributed by atoms with E-state index in [2.05, 4.69) is 24.9 Å². The van der Waals surface area contributed by atoms with E-state index in [1.807, 2.05) is 49.4 Å². The molecule has 0 saturated carbocycles. The SMILES string of the molecule is C\C=C(/C=C\C(=C/CC)OC[C@@H]1COCCN1C)n1c(=O)n(C)c2ccccc21. The number of aromatic nitrogens is 2. The minimum atomic E-state index is -0.0631. The molecule has 0 spiro atoms. The lowest BCUT2D eigenvalue weighted by Gasteiger charge is -2.32. The normalized spacial score (nSPS) is 19.4. The highest BCUT2D eigenvalue weighted by atomic mass is 16.5. The third kappa shape index (κ3) is 4.71. The Labute approximate surface area is 172 Å². The molecule has 1 aliphatic heterocycles. The number of imidazole rings is 1. The molecule has 3 rings (SSSR count). The van der Waals surface area contributed by atoms with Gasteiger partial charge in [-0.15, -0.1) is 0 Å². The van der Waals surface area contributed by atoms with Gasteiger partial charge >= 0.3 is 5.69 Å². The lowest BCUT2D eigenvalue weighted by molar-refractivity contribution is -0.0198. The molecule has 6 nitrogen and oxygen atoms in total. The van der Waals surface area contributed by atoms with Crippen molar-refractivity contribution < 1.29 is 9.47 Å². The first-order chi connectivity index (χ1) is 14.1. The molecule has 156 valence electrons. The Hall–Kier alpha value is -2.57. The van der Waals surface area contributed by atoms with E-state index in [1.54, 1.807) is 16.2 Å². The summed E-state index contributed by atoms with van der Waals surface area (Å²) in [5.41, 5.74) is 2.55. The van der Waals surface area contributed by atoms with Crippen LogP contribution in [0.4, 0.5) is 0 Å². The van der Waals surface area contributed by atoms with Gasteiger partial charge in [0.1, 0.15) is 12.4 Å². The van der Waals surface area contributed by atoms with Crippen LogP contribution in [0.2, 0.25) is 0 Å². The molecule has 1 atom stereocenters. The van der Waals surface area contributed by atoms with Crippen molar-refractivity contribution in [2.45, 2.75) is 26.3 Å². The highest BCUT2D eigenvalue weighted by Gasteiger charge is 2.20. The summed E-state index contributed by atoms with van der Waals surface area (Å²) in [5, 5.41) is 0. The fraction of sp³-hybridized carbons (Fsp3) is 0.435. The molecular formula is C23H31N3O3. The van der Waals surface area contributed by atoms with E-state index >= 15 is 0 Å². The van der Waals surface area contributed by atoms with Gasteiger partial charge in [0.25, 0.3) is 0 Å². The minimum Gasteiger partial charge on any atom is -0.492 e. The fourth-order valence-electron chi connectivity index (χ4n) is 3.49. The fourth-order valence-corrected chi connectivity index (χ4v) is 3.49. The maximum Gasteiger partial charge on any atom is 0.333 e. The predicted octanol–water partition coefficient (Wildman–Crippen LogP) is 3.40. The molecular weight excluding hydrogens is 366 g/mol. The summed E-state index contributed by atoms with van der Waals surface area (Å²) in [5.74, 6) is 0.805. The molecule has 0 aliphatic carbocycles. The molecule has 0 bridgehead atoms. The quantitative estimate of drug-likeness (QED) is 0.531. The van der Waals surface area contributed by atoms with E-state index in [0.717, 1.165) is 42.1 Å². The van der Waals surface area contributed by atoms with Crippen molar-refractivity contribution in [2.75, 3.05) is 33.4 Å². The highest BCUT2D eigenvalue weighted by Crippen LogP contribution is 2.18. The molecule has 1 aromatic carbocycles. The van der Waals surface area contributed by atoms with Crippen LogP contribution < -0.4 is 5.69 Å². The standard InChI is InChI=1S/C23H31N3O3/c1-5-9-20(29-17-19-16-28-15-14-24(19)3)13-12-18(6-2)26-22-11-8-7-10-21(22)25(4)23(26)27/h6-13,19H,5,14-17H2,1-4H3/b13-12-,18-6+,20-9+/t19-/m0/s1. The summed E-state index contributed by atoms with van der Waals surface area (Å²) in [7, 11) is 3.90. The van der Waals surface area contributed by atoms with Crippen LogP contribution in [0.25, 0.3) is 16.7 Å². The zero-order valence-corrected chi connectivity index (χ0v) is 17.8. The molecule has 29 heavy (non-hydrogen) atoms. The molecule has 0 amide bonds. The van der Waals surface area contributed by atoms with E-state index in [-0.39, 0.29) is 11.7 Å². The van der Waals surface area contributed by atoms with Crippen LogP contribution in [-0.4, -0.2) is 53.5 Å². The largest absolute Gasteiger partial charge is 0.492 e. The minimum absolute atomic E-state index is 0.0631. The van der Waals surface area contributed by atoms with Crippen LogP contribution in [0.3, 0.4) is 0 Å². The van der Waals surface area contributed by atoms with Gasteiger partial charge in [-0.05, 0) is 50.8 Å². The van der Waals surface area contributed by atoms with Gasteiger partial charge < -0.3 is 9.47 Å². The number of allylic oxidation sites excluding steroid dienone is 5. The second kappa shape index (κ2) is 9.76. The van der Waals surface area contributed by atoms with Crippen molar-refractivity contribution in [3.63, 3.8) is 0 Å². The maximum atomic E-state index is 12.8. The van der Waals surface area contributed by atoms with Crippen molar-refractivity contribution in [3.05, 3.63) is 64.8 Å². The number of morpholine rings is 1. The third-order valence-corrected chi connectivity index (χ3v) is 5.30. The number of benzene rings is 1.